The van der Waals surface area contributed by atoms with E-state index in [-0.39, 0.29) is 24.0 Å². The Morgan fingerprint density at radius 2 is 2.14 bits per heavy atom. The van der Waals surface area contributed by atoms with Crippen molar-refractivity contribution in [1.29, 1.82) is 0 Å². The minimum absolute atomic E-state index is 0. The van der Waals surface area contributed by atoms with Crippen LogP contribution in [0.2, 0.25) is 5.02 Å². The van der Waals surface area contributed by atoms with Gasteiger partial charge in [0.2, 0.25) is 0 Å². The molecule has 0 amide bonds. The Morgan fingerprint density at radius 3 is 2.73 bits per heavy atom. The van der Waals surface area contributed by atoms with Crippen molar-refractivity contribution in [2.75, 3.05) is 14.1 Å². The third kappa shape index (κ3) is 5.17. The molecule has 0 aliphatic rings. The molecule has 0 aliphatic carbocycles. The van der Waals surface area contributed by atoms with E-state index in [9.17, 15) is 0 Å². The van der Waals surface area contributed by atoms with Gasteiger partial charge in [0.05, 0.1) is 12.2 Å². The normalized spacial score (nSPS) is 11.0. The summed E-state index contributed by atoms with van der Waals surface area (Å²) in [5.74, 6) is 1.55. The van der Waals surface area contributed by atoms with Crippen LogP contribution in [-0.4, -0.2) is 30.1 Å². The van der Waals surface area contributed by atoms with Gasteiger partial charge in [0, 0.05) is 31.7 Å². The van der Waals surface area contributed by atoms with Gasteiger partial charge in [-0.05, 0) is 18.6 Å². The van der Waals surface area contributed by atoms with E-state index in [1.165, 1.54) is 0 Å². The zero-order valence-corrected chi connectivity index (χ0v) is 15.9. The highest BCUT2D eigenvalue weighted by Gasteiger charge is 2.09. The number of benzene rings is 1. The summed E-state index contributed by atoms with van der Waals surface area (Å²) in [6.45, 7) is 3.11. The lowest BCUT2D eigenvalue weighted by atomic mass is 10.2. The molecule has 0 unspecified atom stereocenters. The van der Waals surface area contributed by atoms with Crippen molar-refractivity contribution in [2.24, 2.45) is 4.99 Å². The molecule has 120 valence electrons. The largest absolute Gasteiger partial charge is 0.359 e. The van der Waals surface area contributed by atoms with Crippen molar-refractivity contribution in [1.82, 2.24) is 15.4 Å². The monoisotopic (exact) mass is 434 g/mol. The van der Waals surface area contributed by atoms with Crippen molar-refractivity contribution in [3.05, 3.63) is 52.4 Å². The van der Waals surface area contributed by atoms with Gasteiger partial charge in [-0.2, -0.15) is 0 Å². The van der Waals surface area contributed by atoms with Gasteiger partial charge in [0.15, 0.2) is 11.7 Å². The van der Waals surface area contributed by atoms with E-state index in [1.807, 2.05) is 49.2 Å². The van der Waals surface area contributed by atoms with E-state index >= 15 is 0 Å². The summed E-state index contributed by atoms with van der Waals surface area (Å²) in [4.78, 5) is 6.27. The highest BCUT2D eigenvalue weighted by Crippen LogP contribution is 2.16. The van der Waals surface area contributed by atoms with E-state index in [0.29, 0.717) is 13.1 Å². The molecule has 0 aliphatic heterocycles. The number of aliphatic imine (C=N–C) groups is 1. The van der Waals surface area contributed by atoms with Crippen molar-refractivity contribution in [3.63, 3.8) is 0 Å². The first-order valence-electron chi connectivity index (χ1n) is 6.67. The highest BCUT2D eigenvalue weighted by molar-refractivity contribution is 14.0. The van der Waals surface area contributed by atoms with Crippen LogP contribution in [0, 0.1) is 6.92 Å². The van der Waals surface area contributed by atoms with Gasteiger partial charge in [0.25, 0.3) is 0 Å². The van der Waals surface area contributed by atoms with E-state index < -0.39 is 0 Å². The smallest absolute Gasteiger partial charge is 0.194 e. The van der Waals surface area contributed by atoms with Gasteiger partial charge in [-0.15, -0.1) is 24.0 Å². The number of rotatable bonds is 4. The number of hydrogen-bond donors (Lipinski definition) is 1. The minimum atomic E-state index is 0. The second-order valence-corrected chi connectivity index (χ2v) is 5.19. The number of guanidine groups is 1. The fraction of sp³-hybridized carbons (Fsp3) is 0.333. The first-order valence-corrected chi connectivity index (χ1v) is 7.05. The third-order valence-electron chi connectivity index (χ3n) is 3.04. The third-order valence-corrected chi connectivity index (χ3v) is 3.40. The van der Waals surface area contributed by atoms with Crippen LogP contribution in [0.3, 0.4) is 0 Å². The molecule has 0 saturated carbocycles. The quantitative estimate of drug-likeness (QED) is 0.455. The number of halogens is 2. The molecule has 2 aromatic rings. The second kappa shape index (κ2) is 8.99. The van der Waals surface area contributed by atoms with Crippen molar-refractivity contribution < 1.29 is 4.52 Å². The Hall–Kier alpha value is -1.28. The number of aromatic nitrogens is 1. The molecule has 0 atom stereocenters. The molecule has 1 aromatic carbocycles. The summed E-state index contributed by atoms with van der Waals surface area (Å²) in [6.07, 6.45) is 0. The van der Waals surface area contributed by atoms with Gasteiger partial charge >= 0.3 is 0 Å². The minimum Gasteiger partial charge on any atom is -0.359 e. The lowest BCUT2D eigenvalue weighted by molar-refractivity contribution is 0.373. The zero-order valence-electron chi connectivity index (χ0n) is 12.8. The summed E-state index contributed by atoms with van der Waals surface area (Å²) >= 11 is 6.18. The molecule has 0 bridgehead atoms. The predicted molar refractivity (Wildman–Crippen MR) is 99.8 cm³/mol. The van der Waals surface area contributed by atoms with Crippen LogP contribution in [-0.2, 0) is 13.1 Å². The molecule has 0 fully saturated rings. The lowest BCUT2D eigenvalue weighted by Gasteiger charge is -2.22. The van der Waals surface area contributed by atoms with Crippen LogP contribution in [0.15, 0.2) is 39.8 Å². The topological polar surface area (TPSA) is 53.7 Å². The molecule has 2 rings (SSSR count). The van der Waals surface area contributed by atoms with Crippen molar-refractivity contribution in [3.8, 4) is 0 Å². The number of hydrogen-bond acceptors (Lipinski definition) is 3. The fourth-order valence-corrected chi connectivity index (χ4v) is 2.20. The Balaban J connectivity index is 0.00000242. The Bertz CT molecular complexity index is 630. The Kier molecular flexibility index (Phi) is 7.67. The molecular formula is C15H20ClIN4O. The first kappa shape index (κ1) is 18.8. The van der Waals surface area contributed by atoms with E-state index in [1.54, 1.807) is 7.05 Å². The summed E-state index contributed by atoms with van der Waals surface area (Å²) in [5, 5.41) is 7.85. The lowest BCUT2D eigenvalue weighted by Crippen LogP contribution is -2.38. The van der Waals surface area contributed by atoms with Crippen LogP contribution in [0.4, 0.5) is 0 Å². The molecule has 0 spiro atoms. The highest BCUT2D eigenvalue weighted by atomic mass is 127. The standard InChI is InChI=1S/C15H19ClN4O.HI/c1-11-8-13(21-19-11)9-18-15(17-2)20(3)10-12-6-4-5-7-14(12)16;/h4-8H,9-10H2,1-3H3,(H,17,18);1H. The zero-order chi connectivity index (χ0) is 15.2. The van der Waals surface area contributed by atoms with Gasteiger partial charge in [-0.25, -0.2) is 0 Å². The van der Waals surface area contributed by atoms with Crippen LogP contribution in [0.5, 0.6) is 0 Å². The van der Waals surface area contributed by atoms with Crippen molar-refractivity contribution >= 4 is 41.5 Å². The van der Waals surface area contributed by atoms with Crippen LogP contribution in [0.25, 0.3) is 0 Å². The predicted octanol–water partition coefficient (Wildman–Crippen LogP) is 3.46. The molecule has 1 N–H and O–H groups in total. The first-order chi connectivity index (χ1) is 10.1. The van der Waals surface area contributed by atoms with Gasteiger partial charge in [0.1, 0.15) is 0 Å². The maximum absolute atomic E-state index is 6.18. The summed E-state index contributed by atoms with van der Waals surface area (Å²) < 4.78 is 5.17. The molecule has 7 heteroatoms. The summed E-state index contributed by atoms with van der Waals surface area (Å²) in [6, 6.07) is 9.69. The van der Waals surface area contributed by atoms with Crippen molar-refractivity contribution in [2.45, 2.75) is 20.0 Å². The Labute approximate surface area is 152 Å². The van der Waals surface area contributed by atoms with E-state index in [4.69, 9.17) is 16.1 Å². The summed E-state index contributed by atoms with van der Waals surface area (Å²) in [7, 11) is 3.71. The number of nitrogens with zero attached hydrogens (tertiary/aromatic N) is 3. The maximum Gasteiger partial charge on any atom is 0.194 e. The molecule has 1 heterocycles. The molecule has 1 aromatic heterocycles. The Morgan fingerprint density at radius 1 is 1.41 bits per heavy atom. The fourth-order valence-electron chi connectivity index (χ4n) is 2.01. The van der Waals surface area contributed by atoms with Gasteiger partial charge in [-0.1, -0.05) is 35.0 Å². The molecular weight excluding hydrogens is 415 g/mol. The second-order valence-electron chi connectivity index (χ2n) is 4.78. The molecule has 22 heavy (non-hydrogen) atoms. The average Bonchev–Trinajstić information content (AvgIpc) is 2.88. The van der Waals surface area contributed by atoms with Crippen LogP contribution >= 0.6 is 35.6 Å². The average molecular weight is 435 g/mol. The van der Waals surface area contributed by atoms with Gasteiger partial charge in [-0.3, -0.25) is 4.99 Å². The van der Waals surface area contributed by atoms with E-state index in [0.717, 1.165) is 28.0 Å². The maximum atomic E-state index is 6.18. The number of aryl methyl sites for hydroxylation is 1. The van der Waals surface area contributed by atoms with Gasteiger partial charge < -0.3 is 14.7 Å². The van der Waals surface area contributed by atoms with Crippen LogP contribution < -0.4 is 5.32 Å². The SMILES string of the molecule is CN=C(NCc1cc(C)no1)N(C)Cc1ccccc1Cl.I. The van der Waals surface area contributed by atoms with Crippen LogP contribution in [0.1, 0.15) is 17.0 Å². The molecule has 5 nitrogen and oxygen atoms in total. The van der Waals surface area contributed by atoms with E-state index in [2.05, 4.69) is 15.5 Å². The number of nitrogens with one attached hydrogen (secondary N) is 1. The molecule has 0 radical (unpaired) electrons. The molecule has 0 saturated heterocycles. The summed E-state index contributed by atoms with van der Waals surface area (Å²) in [5.41, 5.74) is 1.92.